The Morgan fingerprint density at radius 3 is 2.32 bits per heavy atom. The molecule has 34 heavy (non-hydrogen) atoms. The van der Waals surface area contributed by atoms with E-state index in [9.17, 15) is 14.4 Å². The smallest absolute Gasteiger partial charge is 0.407 e. The Bertz CT molecular complexity index is 1160. The lowest BCUT2D eigenvalue weighted by molar-refractivity contribution is -0.137. The largest absolute Gasteiger partial charge is 0.481 e. The number of aliphatic carboxylic acids is 1. The molecular formula is C25H26N4O5. The first-order valence-corrected chi connectivity index (χ1v) is 11.0. The van der Waals surface area contributed by atoms with Gasteiger partial charge in [0.25, 0.3) is 0 Å². The van der Waals surface area contributed by atoms with Crippen LogP contribution in [-0.4, -0.2) is 45.7 Å². The molecule has 2 amide bonds. The molecule has 9 nitrogen and oxygen atoms in total. The zero-order chi connectivity index (χ0) is 24.1. The fourth-order valence-corrected chi connectivity index (χ4v) is 4.17. The van der Waals surface area contributed by atoms with E-state index in [-0.39, 0.29) is 31.9 Å². The van der Waals surface area contributed by atoms with Gasteiger partial charge in [-0.3, -0.25) is 9.59 Å². The molecule has 1 heterocycles. The fraction of sp³-hybridized carbons (Fsp3) is 0.280. The number of carboxylic acids is 1. The van der Waals surface area contributed by atoms with Gasteiger partial charge in [-0.1, -0.05) is 48.5 Å². The van der Waals surface area contributed by atoms with Gasteiger partial charge < -0.3 is 25.5 Å². The number of benzene rings is 2. The van der Waals surface area contributed by atoms with Gasteiger partial charge in [0.05, 0.1) is 6.54 Å². The van der Waals surface area contributed by atoms with E-state index in [1.165, 1.54) is 0 Å². The van der Waals surface area contributed by atoms with Crippen molar-refractivity contribution in [3.8, 4) is 11.1 Å². The number of imidazole rings is 1. The van der Waals surface area contributed by atoms with Crippen LogP contribution in [0.3, 0.4) is 0 Å². The molecule has 4 rings (SSSR count). The summed E-state index contributed by atoms with van der Waals surface area (Å²) >= 11 is 0. The van der Waals surface area contributed by atoms with Gasteiger partial charge in [0.15, 0.2) is 0 Å². The average Bonchev–Trinajstić information content (AvgIpc) is 3.39. The first kappa shape index (κ1) is 23.0. The summed E-state index contributed by atoms with van der Waals surface area (Å²) < 4.78 is 5.50. The monoisotopic (exact) mass is 462 g/mol. The predicted molar refractivity (Wildman–Crippen MR) is 124 cm³/mol. The van der Waals surface area contributed by atoms with Gasteiger partial charge in [-0.15, -0.1) is 0 Å². The van der Waals surface area contributed by atoms with Crippen LogP contribution >= 0.6 is 0 Å². The quantitative estimate of drug-likeness (QED) is 0.386. The molecule has 0 radical (unpaired) electrons. The molecule has 3 aromatic rings. The molecule has 1 aliphatic rings. The van der Waals surface area contributed by atoms with Gasteiger partial charge in [-0.05, 0) is 35.6 Å². The standard InChI is InChI=1S/C25H26N4O5/c1-15-12-26-22(28-15)13-27-24(32)21(10-11-23(30)31)29-25(33)34-14-20-18-8-4-2-6-16(18)17-7-3-5-9-19(17)20/h2-9,12,20-21H,10-11,13-14H2,1H3,(H,26,28)(H,27,32)(H,29,33)(H,30,31). The summed E-state index contributed by atoms with van der Waals surface area (Å²) in [5.41, 5.74) is 5.22. The fourth-order valence-electron chi connectivity index (χ4n) is 4.17. The van der Waals surface area contributed by atoms with Gasteiger partial charge in [-0.25, -0.2) is 9.78 Å². The van der Waals surface area contributed by atoms with Gasteiger partial charge in [0, 0.05) is 24.2 Å². The van der Waals surface area contributed by atoms with E-state index in [0.717, 1.165) is 27.9 Å². The second kappa shape index (κ2) is 10.2. The molecule has 0 saturated carbocycles. The number of rotatable bonds is 9. The zero-order valence-corrected chi connectivity index (χ0v) is 18.7. The van der Waals surface area contributed by atoms with Gasteiger partial charge in [0.1, 0.15) is 18.5 Å². The Kier molecular flexibility index (Phi) is 6.91. The maximum atomic E-state index is 12.6. The van der Waals surface area contributed by atoms with Crippen LogP contribution < -0.4 is 10.6 Å². The number of aromatic amines is 1. The molecule has 0 bridgehead atoms. The number of aryl methyl sites for hydroxylation is 1. The lowest BCUT2D eigenvalue weighted by atomic mass is 9.98. The number of nitrogens with one attached hydrogen (secondary N) is 3. The van der Waals surface area contributed by atoms with Crippen LogP contribution in [0.5, 0.6) is 0 Å². The van der Waals surface area contributed by atoms with Crippen molar-refractivity contribution in [3.63, 3.8) is 0 Å². The number of alkyl carbamates (subject to hydrolysis) is 1. The first-order chi connectivity index (χ1) is 16.4. The van der Waals surface area contributed by atoms with Crippen LogP contribution in [0, 0.1) is 6.92 Å². The summed E-state index contributed by atoms with van der Waals surface area (Å²) in [7, 11) is 0. The number of nitrogens with zero attached hydrogens (tertiary/aromatic N) is 1. The number of carbonyl (C=O) groups is 3. The lowest BCUT2D eigenvalue weighted by Crippen LogP contribution is -2.47. The van der Waals surface area contributed by atoms with Crippen LogP contribution in [0.15, 0.2) is 54.7 Å². The van der Waals surface area contributed by atoms with Crippen molar-refractivity contribution in [1.29, 1.82) is 0 Å². The third-order valence-electron chi connectivity index (χ3n) is 5.78. The van der Waals surface area contributed by atoms with Gasteiger partial charge >= 0.3 is 12.1 Å². The van der Waals surface area contributed by atoms with E-state index in [2.05, 4.69) is 20.6 Å². The van der Waals surface area contributed by atoms with Crippen LogP contribution in [0.25, 0.3) is 11.1 Å². The van der Waals surface area contributed by atoms with Gasteiger partial charge in [0.2, 0.25) is 5.91 Å². The minimum Gasteiger partial charge on any atom is -0.481 e. The minimum absolute atomic E-state index is 0.0669. The number of carboxylic acid groups (broad SMARTS) is 1. The number of aromatic nitrogens is 2. The molecule has 9 heteroatoms. The number of amides is 2. The summed E-state index contributed by atoms with van der Waals surface area (Å²) in [5, 5.41) is 14.2. The SMILES string of the molecule is Cc1cnc(CNC(=O)C(CCC(=O)O)NC(=O)OCC2c3ccccc3-c3ccccc32)[nH]1. The van der Waals surface area contributed by atoms with Gasteiger partial charge in [-0.2, -0.15) is 0 Å². The topological polar surface area (TPSA) is 133 Å². The first-order valence-electron chi connectivity index (χ1n) is 11.0. The van der Waals surface area contributed by atoms with Crippen molar-refractivity contribution in [2.24, 2.45) is 0 Å². The molecule has 0 aliphatic heterocycles. The van der Waals surface area contributed by atoms with Crippen LogP contribution in [0.2, 0.25) is 0 Å². The van der Waals surface area contributed by atoms with Crippen molar-refractivity contribution >= 4 is 18.0 Å². The summed E-state index contributed by atoms with van der Waals surface area (Å²) in [6, 6.07) is 14.9. The van der Waals surface area contributed by atoms with E-state index in [1.54, 1.807) is 6.20 Å². The second-order valence-electron chi connectivity index (χ2n) is 8.19. The number of hydrogen-bond donors (Lipinski definition) is 4. The molecule has 4 N–H and O–H groups in total. The second-order valence-corrected chi connectivity index (χ2v) is 8.19. The molecule has 1 aliphatic carbocycles. The van der Waals surface area contributed by atoms with Crippen LogP contribution in [0.4, 0.5) is 4.79 Å². The van der Waals surface area contributed by atoms with E-state index < -0.39 is 24.0 Å². The van der Waals surface area contributed by atoms with Crippen molar-refractivity contribution in [1.82, 2.24) is 20.6 Å². The van der Waals surface area contributed by atoms with Crippen molar-refractivity contribution in [2.45, 2.75) is 38.3 Å². The molecule has 0 spiro atoms. The van der Waals surface area contributed by atoms with Crippen molar-refractivity contribution in [3.05, 3.63) is 77.4 Å². The number of H-pyrrole nitrogens is 1. The Morgan fingerprint density at radius 1 is 1.09 bits per heavy atom. The summed E-state index contributed by atoms with van der Waals surface area (Å²) in [6.45, 7) is 2.06. The highest BCUT2D eigenvalue weighted by molar-refractivity contribution is 5.86. The molecular weight excluding hydrogens is 436 g/mol. The molecule has 1 unspecified atom stereocenters. The molecule has 1 atom stereocenters. The maximum Gasteiger partial charge on any atom is 0.407 e. The normalized spacial score (nSPS) is 13.0. The van der Waals surface area contributed by atoms with E-state index >= 15 is 0 Å². The predicted octanol–water partition coefficient (Wildman–Crippen LogP) is 3.11. The number of ether oxygens (including phenoxy) is 1. The summed E-state index contributed by atoms with van der Waals surface area (Å²) in [5.74, 6) is -1.13. The maximum absolute atomic E-state index is 12.6. The summed E-state index contributed by atoms with van der Waals surface area (Å²) in [6.07, 6.45) is 0.518. The van der Waals surface area contributed by atoms with E-state index in [0.29, 0.717) is 5.82 Å². The van der Waals surface area contributed by atoms with Crippen LogP contribution in [0.1, 0.15) is 41.4 Å². The molecule has 176 valence electrons. The lowest BCUT2D eigenvalue weighted by Gasteiger charge is -2.19. The van der Waals surface area contributed by atoms with E-state index in [1.807, 2.05) is 55.5 Å². The van der Waals surface area contributed by atoms with Crippen molar-refractivity contribution in [2.75, 3.05) is 6.61 Å². The molecule has 1 aromatic heterocycles. The number of hydrogen-bond acceptors (Lipinski definition) is 5. The Morgan fingerprint density at radius 2 is 1.74 bits per heavy atom. The molecule has 0 fully saturated rings. The summed E-state index contributed by atoms with van der Waals surface area (Å²) in [4.78, 5) is 43.4. The highest BCUT2D eigenvalue weighted by atomic mass is 16.5. The zero-order valence-electron chi connectivity index (χ0n) is 18.7. The number of fused-ring (bicyclic) bond motifs is 3. The molecule has 0 saturated heterocycles. The molecule has 2 aromatic carbocycles. The van der Waals surface area contributed by atoms with Crippen molar-refractivity contribution < 1.29 is 24.2 Å². The third-order valence-corrected chi connectivity index (χ3v) is 5.78. The van der Waals surface area contributed by atoms with E-state index in [4.69, 9.17) is 9.84 Å². The Labute approximate surface area is 196 Å². The highest BCUT2D eigenvalue weighted by Crippen LogP contribution is 2.44. The number of carbonyl (C=O) groups excluding carboxylic acids is 2. The Balaban J connectivity index is 1.38. The average molecular weight is 463 g/mol. The minimum atomic E-state index is -1.06. The van der Waals surface area contributed by atoms with Crippen LogP contribution in [-0.2, 0) is 20.9 Å². The Hall–Kier alpha value is -4.14. The third kappa shape index (κ3) is 5.25. The highest BCUT2D eigenvalue weighted by Gasteiger charge is 2.30.